The summed E-state index contributed by atoms with van der Waals surface area (Å²) in [5.74, 6) is 1.57. The molecule has 0 aliphatic heterocycles. The van der Waals surface area contributed by atoms with Crippen LogP contribution in [0.1, 0.15) is 22.9 Å². The normalized spacial score (nSPS) is 11.0. The average Bonchev–Trinajstić information content (AvgIpc) is 2.96. The summed E-state index contributed by atoms with van der Waals surface area (Å²) in [5.41, 5.74) is 9.72. The van der Waals surface area contributed by atoms with Gasteiger partial charge in [0.05, 0.1) is 0 Å². The van der Waals surface area contributed by atoms with Crippen molar-refractivity contribution < 1.29 is 4.52 Å². The molecule has 3 aromatic rings. The van der Waals surface area contributed by atoms with Gasteiger partial charge in [0, 0.05) is 29.1 Å². The number of rotatable bonds is 4. The van der Waals surface area contributed by atoms with Crippen molar-refractivity contribution in [2.45, 2.75) is 27.2 Å². The van der Waals surface area contributed by atoms with E-state index >= 15 is 0 Å². The number of hydrogen-bond donors (Lipinski definition) is 1. The Kier molecular flexibility index (Phi) is 4.12. The van der Waals surface area contributed by atoms with Crippen molar-refractivity contribution in [2.75, 3.05) is 6.54 Å². The van der Waals surface area contributed by atoms with Crippen LogP contribution in [0.15, 0.2) is 22.7 Å². The fourth-order valence-corrected chi connectivity index (χ4v) is 2.39. The number of aryl methyl sites for hydroxylation is 3. The highest BCUT2D eigenvalue weighted by Gasteiger charge is 2.14. The number of nitrogens with two attached hydrogens (primary N) is 1. The summed E-state index contributed by atoms with van der Waals surface area (Å²) in [6.45, 7) is 6.26. The van der Waals surface area contributed by atoms with Crippen LogP contribution in [-0.2, 0) is 6.42 Å². The van der Waals surface area contributed by atoms with Crippen LogP contribution >= 0.6 is 0 Å². The molecular formula is C16H18N6O. The number of pyridine rings is 1. The van der Waals surface area contributed by atoms with Crippen molar-refractivity contribution in [3.63, 3.8) is 0 Å². The molecule has 0 spiro atoms. The van der Waals surface area contributed by atoms with Crippen LogP contribution in [0.2, 0.25) is 0 Å². The lowest BCUT2D eigenvalue weighted by Crippen LogP contribution is -2.07. The molecule has 0 saturated heterocycles. The van der Waals surface area contributed by atoms with Gasteiger partial charge in [-0.15, -0.1) is 0 Å². The van der Waals surface area contributed by atoms with Gasteiger partial charge < -0.3 is 10.3 Å². The fraction of sp³-hybridized carbons (Fsp3) is 0.312. The van der Waals surface area contributed by atoms with E-state index in [1.807, 2.05) is 39.0 Å². The van der Waals surface area contributed by atoms with Crippen LogP contribution in [-0.4, -0.2) is 31.6 Å². The highest BCUT2D eigenvalue weighted by molar-refractivity contribution is 5.58. The van der Waals surface area contributed by atoms with E-state index in [0.29, 0.717) is 36.2 Å². The molecule has 0 aromatic carbocycles. The molecule has 0 bridgehead atoms. The third-order valence-corrected chi connectivity index (χ3v) is 3.25. The summed E-state index contributed by atoms with van der Waals surface area (Å²) in [6, 6.07) is 5.67. The van der Waals surface area contributed by atoms with Crippen molar-refractivity contribution in [3.05, 3.63) is 41.1 Å². The summed E-state index contributed by atoms with van der Waals surface area (Å²) in [5, 5.41) is 4.05. The summed E-state index contributed by atoms with van der Waals surface area (Å²) < 4.78 is 5.37. The molecule has 3 heterocycles. The second kappa shape index (κ2) is 6.21. The Morgan fingerprint density at radius 3 is 2.30 bits per heavy atom. The molecule has 3 aromatic heterocycles. The monoisotopic (exact) mass is 310 g/mol. The zero-order valence-electron chi connectivity index (χ0n) is 13.4. The minimum absolute atomic E-state index is 0.371. The van der Waals surface area contributed by atoms with Crippen LogP contribution in [0.5, 0.6) is 0 Å². The van der Waals surface area contributed by atoms with Crippen molar-refractivity contribution in [3.8, 4) is 23.0 Å². The highest BCUT2D eigenvalue weighted by atomic mass is 16.5. The van der Waals surface area contributed by atoms with E-state index in [1.165, 1.54) is 0 Å². The zero-order chi connectivity index (χ0) is 16.4. The van der Waals surface area contributed by atoms with Crippen LogP contribution in [0.25, 0.3) is 23.0 Å². The van der Waals surface area contributed by atoms with Crippen molar-refractivity contribution in [2.24, 2.45) is 5.73 Å². The third-order valence-electron chi connectivity index (χ3n) is 3.25. The Labute approximate surface area is 134 Å². The average molecular weight is 310 g/mol. The predicted octanol–water partition coefficient (Wildman–Crippen LogP) is 2.02. The van der Waals surface area contributed by atoms with Gasteiger partial charge in [0.15, 0.2) is 0 Å². The van der Waals surface area contributed by atoms with E-state index in [9.17, 15) is 0 Å². The summed E-state index contributed by atoms with van der Waals surface area (Å²) >= 11 is 0. The van der Waals surface area contributed by atoms with Crippen LogP contribution in [0.3, 0.4) is 0 Å². The minimum Gasteiger partial charge on any atom is -0.332 e. The lowest BCUT2D eigenvalue weighted by Gasteiger charge is -2.01. The van der Waals surface area contributed by atoms with Gasteiger partial charge in [-0.1, -0.05) is 5.16 Å². The Morgan fingerprint density at radius 2 is 1.61 bits per heavy atom. The second-order valence-corrected chi connectivity index (χ2v) is 5.41. The van der Waals surface area contributed by atoms with Gasteiger partial charge in [0.1, 0.15) is 11.5 Å². The van der Waals surface area contributed by atoms with Crippen molar-refractivity contribution >= 4 is 0 Å². The molecule has 0 unspecified atom stereocenters. The molecule has 0 saturated carbocycles. The van der Waals surface area contributed by atoms with E-state index in [0.717, 1.165) is 22.6 Å². The van der Waals surface area contributed by atoms with Crippen LogP contribution < -0.4 is 5.73 Å². The quantitative estimate of drug-likeness (QED) is 0.786. The highest BCUT2D eigenvalue weighted by Crippen LogP contribution is 2.22. The largest absolute Gasteiger partial charge is 0.332 e. The Balaban J connectivity index is 1.98. The second-order valence-electron chi connectivity index (χ2n) is 5.41. The zero-order valence-corrected chi connectivity index (χ0v) is 13.4. The first-order chi connectivity index (χ1) is 11.0. The molecule has 7 heteroatoms. The SMILES string of the molecule is Cc1cc(-c2noc(-c3cc(C)nc(CCN)n3)n2)cc(C)n1. The smallest absolute Gasteiger partial charge is 0.276 e. The third kappa shape index (κ3) is 3.40. The topological polar surface area (TPSA) is 104 Å². The van der Waals surface area contributed by atoms with Crippen LogP contribution in [0.4, 0.5) is 0 Å². The summed E-state index contributed by atoms with van der Waals surface area (Å²) in [4.78, 5) is 17.6. The first kappa shape index (κ1) is 15.2. The maximum Gasteiger partial charge on any atom is 0.276 e. The first-order valence-corrected chi connectivity index (χ1v) is 7.39. The van der Waals surface area contributed by atoms with Crippen molar-refractivity contribution in [1.29, 1.82) is 0 Å². The molecule has 118 valence electrons. The molecule has 0 amide bonds. The van der Waals surface area contributed by atoms with Gasteiger partial charge in [-0.3, -0.25) is 4.98 Å². The molecule has 23 heavy (non-hydrogen) atoms. The van der Waals surface area contributed by atoms with Gasteiger partial charge in [0.25, 0.3) is 5.89 Å². The maximum atomic E-state index is 5.57. The Hall–Kier alpha value is -2.67. The molecule has 2 N–H and O–H groups in total. The molecule has 3 rings (SSSR count). The van der Waals surface area contributed by atoms with Gasteiger partial charge in [-0.25, -0.2) is 9.97 Å². The summed E-state index contributed by atoms with van der Waals surface area (Å²) in [7, 11) is 0. The molecular weight excluding hydrogens is 292 g/mol. The lowest BCUT2D eigenvalue weighted by atomic mass is 10.2. The standard InChI is InChI=1S/C16H18N6O/c1-9-6-12(7-10(2)18-9)15-21-16(23-22-15)13-8-11(3)19-14(20-13)4-5-17/h6-8H,4-5,17H2,1-3H3. The van der Waals surface area contributed by atoms with E-state index in [-0.39, 0.29) is 0 Å². The number of nitrogens with zero attached hydrogens (tertiary/aromatic N) is 5. The van der Waals surface area contributed by atoms with Gasteiger partial charge in [-0.05, 0) is 45.5 Å². The van der Waals surface area contributed by atoms with E-state index in [4.69, 9.17) is 10.3 Å². The fourth-order valence-electron chi connectivity index (χ4n) is 2.39. The molecule has 0 atom stereocenters. The van der Waals surface area contributed by atoms with E-state index in [2.05, 4.69) is 25.1 Å². The molecule has 0 aliphatic rings. The van der Waals surface area contributed by atoms with Crippen molar-refractivity contribution in [1.82, 2.24) is 25.1 Å². The first-order valence-electron chi connectivity index (χ1n) is 7.39. The predicted molar refractivity (Wildman–Crippen MR) is 85.5 cm³/mol. The van der Waals surface area contributed by atoms with E-state index < -0.39 is 0 Å². The van der Waals surface area contributed by atoms with Gasteiger partial charge in [0.2, 0.25) is 5.82 Å². The summed E-state index contributed by atoms with van der Waals surface area (Å²) in [6.07, 6.45) is 0.610. The molecule has 7 nitrogen and oxygen atoms in total. The molecule has 0 radical (unpaired) electrons. The number of aromatic nitrogens is 5. The molecule has 0 aliphatic carbocycles. The number of hydrogen-bond acceptors (Lipinski definition) is 7. The van der Waals surface area contributed by atoms with Gasteiger partial charge in [-0.2, -0.15) is 4.98 Å². The Morgan fingerprint density at radius 1 is 0.913 bits per heavy atom. The van der Waals surface area contributed by atoms with Crippen LogP contribution in [0, 0.1) is 20.8 Å². The Bertz CT molecular complexity index is 822. The lowest BCUT2D eigenvalue weighted by molar-refractivity contribution is 0.430. The van der Waals surface area contributed by atoms with E-state index in [1.54, 1.807) is 0 Å². The molecule has 0 fully saturated rings. The van der Waals surface area contributed by atoms with Gasteiger partial charge >= 0.3 is 0 Å². The minimum atomic E-state index is 0.371. The maximum absolute atomic E-state index is 5.57.